The van der Waals surface area contributed by atoms with Gasteiger partial charge in [0.15, 0.2) is 0 Å². The van der Waals surface area contributed by atoms with Crippen LogP contribution >= 0.6 is 11.3 Å². The summed E-state index contributed by atoms with van der Waals surface area (Å²) in [6.07, 6.45) is 0. The third kappa shape index (κ3) is 5.98. The summed E-state index contributed by atoms with van der Waals surface area (Å²) < 4.78 is 0. The van der Waals surface area contributed by atoms with Gasteiger partial charge in [0.05, 0.1) is 11.5 Å². The largest absolute Gasteiger partial charge is 0.368 e. The summed E-state index contributed by atoms with van der Waals surface area (Å²) in [5, 5.41) is 16.2. The lowest BCUT2D eigenvalue weighted by atomic mass is 10.2. The number of nitro groups is 1. The Morgan fingerprint density at radius 2 is 1.75 bits per heavy atom. The Hall–Kier alpha value is -3.99. The second-order valence-corrected chi connectivity index (χ2v) is 9.64. The molecule has 2 heterocycles. The number of para-hydroxylation sites is 1. The van der Waals surface area contributed by atoms with Crippen LogP contribution in [0.2, 0.25) is 0 Å². The number of amides is 3. The van der Waals surface area contributed by atoms with E-state index in [0.29, 0.717) is 43.4 Å². The molecule has 0 saturated carbocycles. The second kappa shape index (κ2) is 11.2. The van der Waals surface area contributed by atoms with Crippen LogP contribution in [-0.2, 0) is 6.54 Å². The Kier molecular flexibility index (Phi) is 7.79. The van der Waals surface area contributed by atoms with Crippen molar-refractivity contribution in [3.8, 4) is 0 Å². The van der Waals surface area contributed by atoms with Gasteiger partial charge in [-0.1, -0.05) is 18.2 Å². The summed E-state index contributed by atoms with van der Waals surface area (Å²) in [6.45, 7) is 6.49. The number of nitro benzene ring substituents is 1. The number of hydrogen-bond acceptors (Lipinski definition) is 7. The number of non-ortho nitro benzene ring substituents is 1. The minimum Gasteiger partial charge on any atom is -0.368 e. The molecule has 0 aliphatic carbocycles. The Balaban J connectivity index is 1.34. The summed E-state index contributed by atoms with van der Waals surface area (Å²) in [5.41, 5.74) is 2.05. The van der Waals surface area contributed by atoms with Crippen molar-refractivity contribution < 1.29 is 14.5 Å². The Morgan fingerprint density at radius 3 is 2.36 bits per heavy atom. The average molecular weight is 509 g/mol. The van der Waals surface area contributed by atoms with Crippen molar-refractivity contribution in [2.45, 2.75) is 26.4 Å². The molecule has 0 bridgehead atoms. The highest BCUT2D eigenvalue weighted by Gasteiger charge is 2.25. The van der Waals surface area contributed by atoms with Crippen molar-refractivity contribution in [2.24, 2.45) is 0 Å². The first kappa shape index (κ1) is 25.1. The fourth-order valence-corrected chi connectivity index (χ4v) is 4.71. The SMILES string of the molecule is CC(C)N(Cc1nc(C(=O)N2CCN(c3ccc([N+](=O)[O-])cc3)CC2)cs1)C(=O)Nc1ccccc1. The van der Waals surface area contributed by atoms with Gasteiger partial charge in [0.25, 0.3) is 11.6 Å². The van der Waals surface area contributed by atoms with Crippen LogP contribution in [0.1, 0.15) is 29.3 Å². The topological polar surface area (TPSA) is 112 Å². The van der Waals surface area contributed by atoms with Crippen molar-refractivity contribution in [1.29, 1.82) is 0 Å². The number of benzene rings is 2. The number of hydrogen-bond donors (Lipinski definition) is 1. The smallest absolute Gasteiger partial charge is 0.322 e. The number of rotatable bonds is 7. The minimum atomic E-state index is -0.418. The fourth-order valence-electron chi connectivity index (χ4n) is 3.95. The van der Waals surface area contributed by atoms with Crippen LogP contribution in [-0.4, -0.2) is 63.9 Å². The van der Waals surface area contributed by atoms with E-state index in [0.717, 1.165) is 11.4 Å². The highest BCUT2D eigenvalue weighted by atomic mass is 32.1. The number of aromatic nitrogens is 1. The number of piperazine rings is 1. The maximum absolute atomic E-state index is 13.1. The molecule has 188 valence electrons. The number of nitrogens with one attached hydrogen (secondary N) is 1. The van der Waals surface area contributed by atoms with E-state index in [4.69, 9.17) is 0 Å². The van der Waals surface area contributed by atoms with Crippen LogP contribution in [0, 0.1) is 10.1 Å². The van der Waals surface area contributed by atoms with Gasteiger partial charge in [0.2, 0.25) is 0 Å². The van der Waals surface area contributed by atoms with Crippen molar-refractivity contribution in [3.63, 3.8) is 0 Å². The van der Waals surface area contributed by atoms with E-state index in [2.05, 4.69) is 15.2 Å². The minimum absolute atomic E-state index is 0.0516. The van der Waals surface area contributed by atoms with E-state index >= 15 is 0 Å². The molecule has 1 aliphatic heterocycles. The lowest BCUT2D eigenvalue weighted by Gasteiger charge is -2.35. The number of urea groups is 1. The highest BCUT2D eigenvalue weighted by molar-refractivity contribution is 7.09. The van der Waals surface area contributed by atoms with Crippen LogP contribution in [0.4, 0.5) is 21.9 Å². The van der Waals surface area contributed by atoms with Crippen LogP contribution < -0.4 is 10.2 Å². The zero-order valence-electron chi connectivity index (χ0n) is 20.2. The average Bonchev–Trinajstić information content (AvgIpc) is 3.36. The molecule has 1 aromatic heterocycles. The number of anilines is 2. The quantitative estimate of drug-likeness (QED) is 0.373. The van der Waals surface area contributed by atoms with Crippen LogP contribution in [0.5, 0.6) is 0 Å². The Morgan fingerprint density at radius 1 is 1.08 bits per heavy atom. The van der Waals surface area contributed by atoms with Crippen molar-refractivity contribution in [1.82, 2.24) is 14.8 Å². The molecule has 1 fully saturated rings. The summed E-state index contributed by atoms with van der Waals surface area (Å²) >= 11 is 1.37. The molecule has 1 saturated heterocycles. The molecule has 36 heavy (non-hydrogen) atoms. The van der Waals surface area contributed by atoms with E-state index in [-0.39, 0.29) is 23.7 Å². The summed E-state index contributed by atoms with van der Waals surface area (Å²) in [7, 11) is 0. The molecule has 0 atom stereocenters. The van der Waals surface area contributed by atoms with E-state index in [1.165, 1.54) is 23.5 Å². The molecule has 4 rings (SSSR count). The number of carbonyl (C=O) groups is 2. The van der Waals surface area contributed by atoms with E-state index < -0.39 is 4.92 Å². The first-order valence-electron chi connectivity index (χ1n) is 11.7. The van der Waals surface area contributed by atoms with E-state index in [9.17, 15) is 19.7 Å². The second-order valence-electron chi connectivity index (χ2n) is 8.70. The third-order valence-electron chi connectivity index (χ3n) is 5.98. The zero-order chi connectivity index (χ0) is 25.7. The highest BCUT2D eigenvalue weighted by Crippen LogP contribution is 2.22. The predicted molar refractivity (Wildman–Crippen MR) is 139 cm³/mol. The van der Waals surface area contributed by atoms with Gasteiger partial charge >= 0.3 is 6.03 Å². The van der Waals surface area contributed by atoms with Gasteiger partial charge < -0.3 is 20.0 Å². The first-order valence-corrected chi connectivity index (χ1v) is 12.6. The predicted octanol–water partition coefficient (Wildman–Crippen LogP) is 4.46. The summed E-state index contributed by atoms with van der Waals surface area (Å²) in [6, 6.07) is 15.4. The van der Waals surface area contributed by atoms with E-state index in [1.807, 2.05) is 44.2 Å². The lowest BCUT2D eigenvalue weighted by molar-refractivity contribution is -0.384. The molecule has 0 radical (unpaired) electrons. The molecular formula is C25H28N6O4S. The Bertz CT molecular complexity index is 1210. The van der Waals surface area contributed by atoms with Crippen molar-refractivity contribution >= 4 is 40.3 Å². The van der Waals surface area contributed by atoms with Gasteiger partial charge in [-0.2, -0.15) is 0 Å². The summed E-state index contributed by atoms with van der Waals surface area (Å²) in [5.74, 6) is -0.134. The molecule has 3 aromatic rings. The number of nitrogens with zero attached hydrogens (tertiary/aromatic N) is 5. The number of carbonyl (C=O) groups excluding carboxylic acids is 2. The van der Waals surface area contributed by atoms with Crippen molar-refractivity contribution in [3.05, 3.63) is 80.8 Å². The molecule has 1 aliphatic rings. The van der Waals surface area contributed by atoms with Gasteiger partial charge in [-0.15, -0.1) is 11.3 Å². The fraction of sp³-hybridized carbons (Fsp3) is 0.320. The molecule has 10 nitrogen and oxygen atoms in total. The Labute approximate surface area is 213 Å². The normalized spacial score (nSPS) is 13.5. The number of thiazole rings is 1. The maximum atomic E-state index is 13.1. The molecule has 0 unspecified atom stereocenters. The van der Waals surface area contributed by atoms with Gasteiger partial charge in [-0.05, 0) is 38.1 Å². The van der Waals surface area contributed by atoms with Gasteiger partial charge in [-0.3, -0.25) is 14.9 Å². The molecular weight excluding hydrogens is 480 g/mol. The maximum Gasteiger partial charge on any atom is 0.322 e. The third-order valence-corrected chi connectivity index (χ3v) is 6.81. The molecule has 11 heteroatoms. The van der Waals surface area contributed by atoms with Crippen LogP contribution in [0.15, 0.2) is 60.0 Å². The van der Waals surface area contributed by atoms with Gasteiger partial charge in [-0.25, -0.2) is 9.78 Å². The standard InChI is InChI=1S/C25H28N6O4S/c1-18(2)30(25(33)26-19-6-4-3-5-7-19)16-23-27-22(17-36-23)24(32)29-14-12-28(13-15-29)20-8-10-21(11-9-20)31(34)35/h3-11,17-18H,12-16H2,1-2H3,(H,26,33). The first-order chi connectivity index (χ1) is 17.3. The molecule has 3 amide bonds. The molecule has 0 spiro atoms. The molecule has 2 aromatic carbocycles. The lowest BCUT2D eigenvalue weighted by Crippen LogP contribution is -2.48. The van der Waals surface area contributed by atoms with Gasteiger partial charge in [0, 0.05) is 61.1 Å². The molecule has 1 N–H and O–H groups in total. The van der Waals surface area contributed by atoms with Gasteiger partial charge in [0.1, 0.15) is 10.7 Å². The monoisotopic (exact) mass is 508 g/mol. The van der Waals surface area contributed by atoms with Crippen molar-refractivity contribution in [2.75, 3.05) is 36.4 Å². The van der Waals surface area contributed by atoms with Crippen LogP contribution in [0.3, 0.4) is 0 Å². The van der Waals surface area contributed by atoms with Crippen LogP contribution in [0.25, 0.3) is 0 Å². The zero-order valence-corrected chi connectivity index (χ0v) is 21.0. The van der Waals surface area contributed by atoms with E-state index in [1.54, 1.807) is 27.3 Å². The summed E-state index contributed by atoms with van der Waals surface area (Å²) in [4.78, 5) is 46.4.